The lowest BCUT2D eigenvalue weighted by Gasteiger charge is -2.32. The molecule has 2 fully saturated rings. The van der Waals surface area contributed by atoms with Crippen molar-refractivity contribution < 1.29 is 33.9 Å². The fraction of sp³-hybridized carbons (Fsp3) is 0.455. The number of thiazole rings is 1. The number of anilines is 1. The molecule has 17 nitrogen and oxygen atoms in total. The van der Waals surface area contributed by atoms with E-state index in [0.717, 1.165) is 21.7 Å². The summed E-state index contributed by atoms with van der Waals surface area (Å²) in [6.07, 6.45) is 6.97. The molecule has 3 aliphatic rings. The summed E-state index contributed by atoms with van der Waals surface area (Å²) in [6.45, 7) is 10.1. The Hall–Kier alpha value is -5.98. The molecule has 2 saturated heterocycles. The van der Waals surface area contributed by atoms with Crippen molar-refractivity contribution in [1.29, 1.82) is 0 Å². The quantitative estimate of drug-likeness (QED) is 0.137. The second-order valence-corrected chi connectivity index (χ2v) is 17.8. The zero-order chi connectivity index (χ0) is 43.9. The van der Waals surface area contributed by atoms with Crippen molar-refractivity contribution in [3.63, 3.8) is 0 Å². The highest BCUT2D eigenvalue weighted by Gasteiger charge is 2.44. The average molecular weight is 865 g/mol. The molecule has 0 saturated carbocycles. The molecule has 1 aliphatic carbocycles. The molecule has 2 aliphatic heterocycles. The van der Waals surface area contributed by atoms with Crippen molar-refractivity contribution in [2.24, 2.45) is 5.92 Å². The maximum absolute atomic E-state index is 14.2. The maximum atomic E-state index is 14.2. The molecule has 6 heterocycles. The summed E-state index contributed by atoms with van der Waals surface area (Å²) >= 11 is 1.57. The highest BCUT2D eigenvalue weighted by Crippen LogP contribution is 2.36. The smallest absolute Gasteiger partial charge is 0.260 e. The number of nitrogens with one attached hydrogen (secondary N) is 1. The predicted molar refractivity (Wildman–Crippen MR) is 231 cm³/mol. The first-order valence-corrected chi connectivity index (χ1v) is 21.8. The van der Waals surface area contributed by atoms with Crippen molar-refractivity contribution in [2.75, 3.05) is 32.0 Å². The number of allylic oxidation sites excluding steroid dienone is 2. The van der Waals surface area contributed by atoms with Crippen LogP contribution in [0.15, 0.2) is 70.7 Å². The molecule has 18 heteroatoms. The number of aliphatic hydroxyl groups is 2. The molecule has 5 N–H and O–H groups in total. The Morgan fingerprint density at radius 3 is 2.53 bits per heavy atom. The summed E-state index contributed by atoms with van der Waals surface area (Å²) in [4.78, 5) is 49.8. The molecule has 326 valence electrons. The molecule has 62 heavy (non-hydrogen) atoms. The lowest BCUT2D eigenvalue weighted by molar-refractivity contribution is -0.141. The van der Waals surface area contributed by atoms with Crippen LogP contribution in [0.25, 0.3) is 21.5 Å². The number of aliphatic hydroxyl groups excluding tert-OH is 2. The molecule has 3 unspecified atom stereocenters. The van der Waals surface area contributed by atoms with Gasteiger partial charge in [-0.1, -0.05) is 62.4 Å². The number of likely N-dealkylation sites (tertiary alicyclic amines) is 2. The van der Waals surface area contributed by atoms with Gasteiger partial charge in [-0.2, -0.15) is 10.2 Å². The number of hydrogen-bond donors (Lipinski definition) is 4. The van der Waals surface area contributed by atoms with Gasteiger partial charge in [-0.3, -0.25) is 19.1 Å². The van der Waals surface area contributed by atoms with E-state index in [9.17, 15) is 24.6 Å². The Kier molecular flexibility index (Phi) is 12.0. The highest BCUT2D eigenvalue weighted by atomic mass is 32.1. The number of nitrogens with two attached hydrogens (primary N) is 1. The van der Waals surface area contributed by atoms with Gasteiger partial charge in [0.05, 0.1) is 57.0 Å². The van der Waals surface area contributed by atoms with Crippen LogP contribution in [0.5, 0.6) is 5.88 Å². The third-order valence-corrected chi connectivity index (χ3v) is 13.4. The van der Waals surface area contributed by atoms with Crippen LogP contribution in [0.1, 0.15) is 87.7 Å². The van der Waals surface area contributed by atoms with E-state index in [1.807, 2.05) is 87.3 Å². The Morgan fingerprint density at radius 1 is 1.08 bits per heavy atom. The Labute approximate surface area is 362 Å². The Balaban J connectivity index is 0.865. The first-order chi connectivity index (χ1) is 29.7. The number of rotatable bonds is 12. The number of nitrogens with zero attached hydrogens (tertiary/aromatic N) is 8. The van der Waals surface area contributed by atoms with Gasteiger partial charge >= 0.3 is 0 Å². The second-order valence-electron chi connectivity index (χ2n) is 17.0. The zero-order valence-corrected chi connectivity index (χ0v) is 36.2. The van der Waals surface area contributed by atoms with Gasteiger partial charge in [0.15, 0.2) is 23.7 Å². The molecular weight excluding hydrogens is 813 g/mol. The van der Waals surface area contributed by atoms with Crippen LogP contribution < -0.4 is 15.8 Å². The van der Waals surface area contributed by atoms with Gasteiger partial charge in [0.2, 0.25) is 11.8 Å². The van der Waals surface area contributed by atoms with E-state index in [1.165, 1.54) is 11.0 Å². The van der Waals surface area contributed by atoms with Crippen LogP contribution in [-0.4, -0.2) is 112 Å². The number of hydrogen-bond acceptors (Lipinski definition) is 14. The molecule has 3 amide bonds. The van der Waals surface area contributed by atoms with Gasteiger partial charge in [0.1, 0.15) is 12.0 Å². The van der Waals surface area contributed by atoms with E-state index >= 15 is 0 Å². The third kappa shape index (κ3) is 8.33. The SMILES string of the molecule is Cc1ncsc1-c1ccc([C@H](C)NC(=O)[C@@H]2C[C@@H](O)CN2C(=O)C(c2cc(OCC(=O)N3CCC(n4nc(N)c5nnc(C6(C)C=CC=CC6O)cc54)CC3)no2)C(C)C)cc1. The minimum Gasteiger partial charge on any atom is -0.465 e. The van der Waals surface area contributed by atoms with E-state index in [2.05, 4.69) is 30.8 Å². The van der Waals surface area contributed by atoms with Crippen molar-refractivity contribution >= 4 is 45.9 Å². The molecule has 6 atom stereocenters. The number of benzene rings is 1. The number of amides is 3. The van der Waals surface area contributed by atoms with Crippen LogP contribution >= 0.6 is 11.3 Å². The number of aromatic nitrogens is 6. The molecule has 5 aromatic rings. The van der Waals surface area contributed by atoms with Gasteiger partial charge < -0.3 is 40.3 Å². The fourth-order valence-corrected chi connectivity index (χ4v) is 9.46. The number of ether oxygens (including phenoxy) is 1. The van der Waals surface area contributed by atoms with Crippen LogP contribution in [0.3, 0.4) is 0 Å². The number of carbonyl (C=O) groups is 3. The Morgan fingerprint density at radius 2 is 1.84 bits per heavy atom. The third-order valence-electron chi connectivity index (χ3n) is 12.4. The van der Waals surface area contributed by atoms with Crippen molar-refractivity contribution in [2.45, 2.75) is 95.5 Å². The van der Waals surface area contributed by atoms with Crippen LogP contribution in [-0.2, 0) is 19.8 Å². The molecule has 0 bridgehead atoms. The Bertz CT molecular complexity index is 2510. The lowest BCUT2D eigenvalue weighted by Crippen LogP contribution is -2.48. The number of carbonyl (C=O) groups excluding carboxylic acids is 3. The lowest BCUT2D eigenvalue weighted by atomic mass is 9.78. The highest BCUT2D eigenvalue weighted by molar-refractivity contribution is 7.13. The molecular formula is C44H52N10O7S. The number of aryl methyl sites for hydroxylation is 1. The molecule has 4 aromatic heterocycles. The van der Waals surface area contributed by atoms with Gasteiger partial charge in [-0.15, -0.1) is 16.4 Å². The van der Waals surface area contributed by atoms with Crippen LogP contribution in [0.2, 0.25) is 0 Å². The van der Waals surface area contributed by atoms with Crippen LogP contribution in [0.4, 0.5) is 5.82 Å². The van der Waals surface area contributed by atoms with Gasteiger partial charge in [-0.25, -0.2) is 4.98 Å². The molecule has 0 radical (unpaired) electrons. The standard InChI is InChI=1S/C44H52N10O7S/c1-24(2)38(43(59)53-21-30(55)18-32(53)42(58)47-25(3)27-9-11-28(12-10-27)40-26(4)46-23-62-40)33-20-36(51-61-33)60-22-37(57)52-16-13-29(14-17-52)54-31-19-34(48-49-39(31)41(45)50-54)44(5)15-7-6-8-35(44)56/h6-12,15,19-20,23-25,29-30,32,35,38,55-56H,13-14,16-18,21-22H2,1-5H3,(H2,45,50)(H,47,58)/t25-,30+,32-,35?,38?,44?/m0/s1. The van der Waals surface area contributed by atoms with Gasteiger partial charge in [-0.05, 0) is 61.9 Å². The first-order valence-electron chi connectivity index (χ1n) is 20.9. The number of nitrogen functional groups attached to an aromatic ring is 1. The number of piperidine rings is 1. The zero-order valence-electron chi connectivity index (χ0n) is 35.3. The van der Waals surface area contributed by atoms with E-state index in [4.69, 9.17) is 15.0 Å². The predicted octanol–water partition coefficient (Wildman–Crippen LogP) is 4.39. The number of fused-ring (bicyclic) bond motifs is 1. The van der Waals surface area contributed by atoms with E-state index in [0.29, 0.717) is 42.7 Å². The summed E-state index contributed by atoms with van der Waals surface area (Å²) in [7, 11) is 0. The second kappa shape index (κ2) is 17.4. The summed E-state index contributed by atoms with van der Waals surface area (Å²) in [5.74, 6) is -1.50. The summed E-state index contributed by atoms with van der Waals surface area (Å²) in [6, 6.07) is 10.0. The monoisotopic (exact) mass is 864 g/mol. The van der Waals surface area contributed by atoms with Crippen molar-refractivity contribution in [3.8, 4) is 16.3 Å². The fourth-order valence-electron chi connectivity index (χ4n) is 8.65. The largest absolute Gasteiger partial charge is 0.465 e. The van der Waals surface area contributed by atoms with Gasteiger partial charge in [0.25, 0.3) is 11.8 Å². The molecule has 1 aromatic carbocycles. The van der Waals surface area contributed by atoms with Crippen molar-refractivity contribution in [1.82, 2.24) is 45.2 Å². The number of β-amino-alcohol motifs (C(OH)–C–C–N with tert-alkyl or cyclic N) is 1. The summed E-state index contributed by atoms with van der Waals surface area (Å²) in [5, 5.41) is 41.8. The minimum atomic E-state index is -0.884. The topological polar surface area (TPSA) is 228 Å². The average Bonchev–Trinajstić information content (AvgIpc) is 4.07. The van der Waals surface area contributed by atoms with Gasteiger partial charge in [0, 0.05) is 32.1 Å². The minimum absolute atomic E-state index is 0.00175. The van der Waals surface area contributed by atoms with E-state index in [-0.39, 0.29) is 72.8 Å². The summed E-state index contributed by atoms with van der Waals surface area (Å²) in [5.41, 5.74) is 12.0. The van der Waals surface area contributed by atoms with E-state index in [1.54, 1.807) is 28.4 Å². The first kappa shape index (κ1) is 42.7. The molecule has 8 rings (SSSR count). The van der Waals surface area contributed by atoms with Crippen molar-refractivity contribution in [3.05, 3.63) is 88.9 Å². The summed E-state index contributed by atoms with van der Waals surface area (Å²) < 4.78 is 13.3. The van der Waals surface area contributed by atoms with Crippen LogP contribution in [0, 0.1) is 12.8 Å². The normalized spacial score (nSPS) is 22.7. The molecule has 0 spiro atoms. The maximum Gasteiger partial charge on any atom is 0.260 e. The van der Waals surface area contributed by atoms with E-state index < -0.39 is 29.6 Å².